The first-order valence-electron chi connectivity index (χ1n) is 5.76. The summed E-state index contributed by atoms with van der Waals surface area (Å²) in [6.07, 6.45) is 7.04. The van der Waals surface area contributed by atoms with E-state index in [0.717, 1.165) is 24.7 Å². The molecular weight excluding hydrogens is 232 g/mol. The molecule has 0 heterocycles. The Labute approximate surface area is 107 Å². The van der Waals surface area contributed by atoms with E-state index in [9.17, 15) is 4.79 Å². The van der Waals surface area contributed by atoms with Crippen LogP contribution in [-0.4, -0.2) is 6.29 Å². The van der Waals surface area contributed by atoms with Gasteiger partial charge in [0.15, 0.2) is 0 Å². The molecule has 0 fully saturated rings. The Morgan fingerprint density at radius 2 is 2.29 bits per heavy atom. The van der Waals surface area contributed by atoms with Crippen LogP contribution in [0.25, 0.3) is 0 Å². The van der Waals surface area contributed by atoms with Crippen LogP contribution in [0.5, 0.6) is 0 Å². The molecular formula is C15H15ClO. The molecule has 1 unspecified atom stereocenters. The molecule has 0 aliphatic heterocycles. The highest BCUT2D eigenvalue weighted by atomic mass is 35.5. The van der Waals surface area contributed by atoms with Crippen LogP contribution in [0.4, 0.5) is 0 Å². The molecule has 1 aromatic carbocycles. The molecule has 1 aliphatic rings. The van der Waals surface area contributed by atoms with Gasteiger partial charge in [-0.25, -0.2) is 0 Å². The summed E-state index contributed by atoms with van der Waals surface area (Å²) in [6.45, 7) is 2.10. The van der Waals surface area contributed by atoms with Gasteiger partial charge in [0, 0.05) is 10.9 Å². The number of hydrogen-bond acceptors (Lipinski definition) is 1. The van der Waals surface area contributed by atoms with Crippen LogP contribution in [-0.2, 0) is 4.79 Å². The van der Waals surface area contributed by atoms with Gasteiger partial charge < -0.3 is 4.79 Å². The van der Waals surface area contributed by atoms with Crippen molar-refractivity contribution in [1.29, 1.82) is 0 Å². The van der Waals surface area contributed by atoms with Gasteiger partial charge in [-0.05, 0) is 37.5 Å². The van der Waals surface area contributed by atoms with E-state index in [2.05, 4.69) is 19.1 Å². The minimum absolute atomic E-state index is 0.0847. The summed E-state index contributed by atoms with van der Waals surface area (Å²) < 4.78 is 0. The Morgan fingerprint density at radius 1 is 1.47 bits per heavy atom. The lowest BCUT2D eigenvalue weighted by Gasteiger charge is -2.12. The third-order valence-corrected chi connectivity index (χ3v) is 3.43. The number of hydrogen-bond donors (Lipinski definition) is 0. The lowest BCUT2D eigenvalue weighted by molar-refractivity contribution is -0.109. The first-order chi connectivity index (χ1) is 8.20. The second-order valence-electron chi connectivity index (χ2n) is 4.39. The minimum atomic E-state index is -0.0847. The molecule has 1 atom stereocenters. The largest absolute Gasteiger partial charge is 0.303 e. The van der Waals surface area contributed by atoms with Crippen LogP contribution < -0.4 is 0 Å². The molecule has 1 nitrogen and oxygen atoms in total. The SMILES string of the molecule is CC1=C(CC(C=O)c2cccc(Cl)c2)CC=C1. The second-order valence-corrected chi connectivity index (χ2v) is 4.83. The average Bonchev–Trinajstić information content (AvgIpc) is 2.71. The Kier molecular flexibility index (Phi) is 3.80. The van der Waals surface area contributed by atoms with Crippen molar-refractivity contribution in [2.45, 2.75) is 25.7 Å². The van der Waals surface area contributed by atoms with Crippen molar-refractivity contribution in [2.75, 3.05) is 0 Å². The molecule has 1 aliphatic carbocycles. The highest BCUT2D eigenvalue weighted by Crippen LogP contribution is 2.30. The van der Waals surface area contributed by atoms with E-state index in [-0.39, 0.29) is 5.92 Å². The van der Waals surface area contributed by atoms with E-state index >= 15 is 0 Å². The summed E-state index contributed by atoms with van der Waals surface area (Å²) in [4.78, 5) is 11.2. The second kappa shape index (κ2) is 5.33. The fraction of sp³-hybridized carbons (Fsp3) is 0.267. The normalized spacial score (nSPS) is 16.4. The molecule has 0 N–H and O–H groups in total. The van der Waals surface area contributed by atoms with Crippen LogP contribution in [0.2, 0.25) is 5.02 Å². The molecule has 0 spiro atoms. The molecule has 0 saturated carbocycles. The van der Waals surface area contributed by atoms with Crippen LogP contribution >= 0.6 is 11.6 Å². The van der Waals surface area contributed by atoms with E-state index in [1.807, 2.05) is 24.3 Å². The van der Waals surface area contributed by atoms with E-state index < -0.39 is 0 Å². The average molecular weight is 247 g/mol. The van der Waals surface area contributed by atoms with Crippen molar-refractivity contribution in [3.8, 4) is 0 Å². The predicted octanol–water partition coefficient (Wildman–Crippen LogP) is 4.29. The Bertz CT molecular complexity index is 485. The highest BCUT2D eigenvalue weighted by Gasteiger charge is 2.15. The number of allylic oxidation sites excluding steroid dienone is 4. The van der Waals surface area contributed by atoms with Gasteiger partial charge >= 0.3 is 0 Å². The van der Waals surface area contributed by atoms with Crippen LogP contribution in [0.15, 0.2) is 47.6 Å². The molecule has 17 heavy (non-hydrogen) atoms. The summed E-state index contributed by atoms with van der Waals surface area (Å²) in [5.74, 6) is -0.0847. The maximum atomic E-state index is 11.2. The smallest absolute Gasteiger partial charge is 0.127 e. The lowest BCUT2D eigenvalue weighted by Crippen LogP contribution is -2.02. The van der Waals surface area contributed by atoms with Crippen molar-refractivity contribution in [2.24, 2.45) is 0 Å². The van der Waals surface area contributed by atoms with Crippen molar-refractivity contribution >= 4 is 17.9 Å². The zero-order chi connectivity index (χ0) is 12.3. The summed E-state index contributed by atoms with van der Waals surface area (Å²) in [5.41, 5.74) is 3.64. The molecule has 0 saturated heterocycles. The van der Waals surface area contributed by atoms with Crippen molar-refractivity contribution in [3.63, 3.8) is 0 Å². The molecule has 0 radical (unpaired) electrons. The summed E-state index contributed by atoms with van der Waals surface area (Å²) in [6, 6.07) is 7.55. The van der Waals surface area contributed by atoms with Gasteiger partial charge in [-0.2, -0.15) is 0 Å². The van der Waals surface area contributed by atoms with E-state index in [1.165, 1.54) is 11.1 Å². The Hall–Kier alpha value is -1.34. The quantitative estimate of drug-likeness (QED) is 0.725. The standard InChI is InChI=1S/C15H15ClO/c1-11-4-2-5-12(11)8-14(10-17)13-6-3-7-15(16)9-13/h2-4,6-7,9-10,14H,5,8H2,1H3. The lowest BCUT2D eigenvalue weighted by atomic mass is 9.91. The number of carbonyl (C=O) groups is 1. The topological polar surface area (TPSA) is 17.1 Å². The van der Waals surface area contributed by atoms with E-state index in [4.69, 9.17) is 11.6 Å². The van der Waals surface area contributed by atoms with Gasteiger partial charge in [-0.1, -0.05) is 47.0 Å². The van der Waals surface area contributed by atoms with Gasteiger partial charge in [0.05, 0.1) is 0 Å². The fourth-order valence-electron chi connectivity index (χ4n) is 2.15. The summed E-state index contributed by atoms with van der Waals surface area (Å²) in [7, 11) is 0. The van der Waals surface area contributed by atoms with E-state index in [1.54, 1.807) is 0 Å². The number of rotatable bonds is 4. The van der Waals surface area contributed by atoms with Gasteiger partial charge in [0.25, 0.3) is 0 Å². The molecule has 1 aromatic rings. The molecule has 2 heteroatoms. The number of aldehydes is 1. The zero-order valence-corrected chi connectivity index (χ0v) is 10.6. The molecule has 88 valence electrons. The van der Waals surface area contributed by atoms with Gasteiger partial charge in [0.2, 0.25) is 0 Å². The molecule has 0 aromatic heterocycles. The monoisotopic (exact) mass is 246 g/mol. The third kappa shape index (κ3) is 2.86. The Morgan fingerprint density at radius 3 is 2.88 bits per heavy atom. The maximum Gasteiger partial charge on any atom is 0.127 e. The fourth-order valence-corrected chi connectivity index (χ4v) is 2.35. The van der Waals surface area contributed by atoms with Crippen molar-refractivity contribution in [3.05, 3.63) is 58.1 Å². The number of carbonyl (C=O) groups excluding carboxylic acids is 1. The minimum Gasteiger partial charge on any atom is -0.303 e. The summed E-state index contributed by atoms with van der Waals surface area (Å²) >= 11 is 5.95. The number of halogens is 1. The van der Waals surface area contributed by atoms with E-state index in [0.29, 0.717) is 5.02 Å². The molecule has 2 rings (SSSR count). The molecule has 0 bridgehead atoms. The highest BCUT2D eigenvalue weighted by molar-refractivity contribution is 6.30. The molecule has 0 amide bonds. The summed E-state index contributed by atoms with van der Waals surface area (Å²) in [5, 5.41) is 0.685. The van der Waals surface area contributed by atoms with Crippen LogP contribution in [0.3, 0.4) is 0 Å². The van der Waals surface area contributed by atoms with Gasteiger partial charge in [-0.15, -0.1) is 0 Å². The van der Waals surface area contributed by atoms with Gasteiger partial charge in [-0.3, -0.25) is 0 Å². The first kappa shape index (κ1) is 12.1. The van der Waals surface area contributed by atoms with Crippen LogP contribution in [0, 0.1) is 0 Å². The van der Waals surface area contributed by atoms with Crippen molar-refractivity contribution < 1.29 is 4.79 Å². The maximum absolute atomic E-state index is 11.2. The van der Waals surface area contributed by atoms with Crippen LogP contribution in [0.1, 0.15) is 31.2 Å². The first-order valence-corrected chi connectivity index (χ1v) is 6.14. The number of benzene rings is 1. The Balaban J connectivity index is 2.18. The predicted molar refractivity (Wildman–Crippen MR) is 71.3 cm³/mol. The third-order valence-electron chi connectivity index (χ3n) is 3.20. The zero-order valence-electron chi connectivity index (χ0n) is 9.82. The van der Waals surface area contributed by atoms with Gasteiger partial charge in [0.1, 0.15) is 6.29 Å². The van der Waals surface area contributed by atoms with Crippen molar-refractivity contribution in [1.82, 2.24) is 0 Å².